The van der Waals surface area contributed by atoms with Gasteiger partial charge in [-0.2, -0.15) is 4.31 Å². The summed E-state index contributed by atoms with van der Waals surface area (Å²) in [5.74, 6) is 0.428. The van der Waals surface area contributed by atoms with Crippen LogP contribution in [0.25, 0.3) is 5.69 Å². The zero-order valence-corrected chi connectivity index (χ0v) is 19.5. The standard InChI is InChI=1S/C23H29N5O3S/c1-17(2)20-8-6-19(7-9-20)14-27(15-21-5-4-12-31-21)32(29,30)22-10-11-23(18(3)13-22)28-16-24-25-26-28/h6-11,13,16-17,21H,4-5,12,14-15H2,1-3H3/t21-/m1/s1. The highest BCUT2D eigenvalue weighted by atomic mass is 32.2. The Hall–Kier alpha value is -2.62. The highest BCUT2D eigenvalue weighted by Gasteiger charge is 2.29. The first kappa shape index (κ1) is 22.6. The zero-order valence-electron chi connectivity index (χ0n) is 18.7. The zero-order chi connectivity index (χ0) is 22.7. The monoisotopic (exact) mass is 455 g/mol. The molecule has 1 aromatic heterocycles. The van der Waals surface area contributed by atoms with Crippen LogP contribution in [-0.4, -0.2) is 52.2 Å². The van der Waals surface area contributed by atoms with E-state index in [0.29, 0.717) is 25.6 Å². The van der Waals surface area contributed by atoms with Crippen LogP contribution >= 0.6 is 0 Å². The number of benzene rings is 2. The minimum atomic E-state index is -3.73. The van der Waals surface area contributed by atoms with E-state index in [-0.39, 0.29) is 11.0 Å². The van der Waals surface area contributed by atoms with E-state index >= 15 is 0 Å². The maximum Gasteiger partial charge on any atom is 0.243 e. The molecule has 0 amide bonds. The van der Waals surface area contributed by atoms with Gasteiger partial charge in [-0.3, -0.25) is 0 Å². The lowest BCUT2D eigenvalue weighted by atomic mass is 10.0. The van der Waals surface area contributed by atoms with Gasteiger partial charge >= 0.3 is 0 Å². The maximum atomic E-state index is 13.7. The summed E-state index contributed by atoms with van der Waals surface area (Å²) in [6.45, 7) is 7.46. The van der Waals surface area contributed by atoms with E-state index in [9.17, 15) is 8.42 Å². The van der Waals surface area contributed by atoms with Crippen LogP contribution in [0.2, 0.25) is 0 Å². The average Bonchev–Trinajstić information content (AvgIpc) is 3.48. The summed E-state index contributed by atoms with van der Waals surface area (Å²) in [5, 5.41) is 11.2. The largest absolute Gasteiger partial charge is 0.377 e. The molecule has 0 radical (unpaired) electrons. The summed E-state index contributed by atoms with van der Waals surface area (Å²) in [5.41, 5.74) is 3.70. The molecule has 1 aliphatic heterocycles. The van der Waals surface area contributed by atoms with Crippen molar-refractivity contribution in [2.45, 2.75) is 57.1 Å². The van der Waals surface area contributed by atoms with Crippen LogP contribution in [-0.2, 0) is 21.3 Å². The fourth-order valence-corrected chi connectivity index (χ4v) is 5.49. The number of hydrogen-bond acceptors (Lipinski definition) is 6. The van der Waals surface area contributed by atoms with Crippen molar-refractivity contribution < 1.29 is 13.2 Å². The highest BCUT2D eigenvalue weighted by Crippen LogP contribution is 2.25. The van der Waals surface area contributed by atoms with E-state index in [2.05, 4.69) is 41.5 Å². The van der Waals surface area contributed by atoms with Crippen molar-refractivity contribution in [3.63, 3.8) is 0 Å². The number of aryl methyl sites for hydroxylation is 1. The van der Waals surface area contributed by atoms with Gasteiger partial charge in [-0.15, -0.1) is 5.10 Å². The van der Waals surface area contributed by atoms with Crippen molar-refractivity contribution in [2.75, 3.05) is 13.2 Å². The summed E-state index contributed by atoms with van der Waals surface area (Å²) in [4.78, 5) is 0.253. The lowest BCUT2D eigenvalue weighted by Crippen LogP contribution is -2.37. The predicted octanol–water partition coefficient (Wildman–Crippen LogP) is 3.46. The van der Waals surface area contributed by atoms with Gasteiger partial charge in [0.15, 0.2) is 0 Å². The SMILES string of the molecule is Cc1cc(S(=O)(=O)N(Cc2ccc(C(C)C)cc2)C[C@H]2CCCO2)ccc1-n1cnnn1. The van der Waals surface area contributed by atoms with E-state index in [0.717, 1.165) is 29.7 Å². The third-order valence-corrected chi connectivity index (χ3v) is 7.65. The molecule has 0 aliphatic carbocycles. The molecule has 170 valence electrons. The Morgan fingerprint density at radius 3 is 2.56 bits per heavy atom. The first-order valence-electron chi connectivity index (χ1n) is 10.9. The smallest absolute Gasteiger partial charge is 0.243 e. The molecule has 4 rings (SSSR count). The number of sulfonamides is 1. The third-order valence-electron chi connectivity index (χ3n) is 5.84. The molecular formula is C23H29N5O3S. The number of tetrazole rings is 1. The maximum absolute atomic E-state index is 13.7. The van der Waals surface area contributed by atoms with Gasteiger partial charge in [0.25, 0.3) is 0 Å². The third kappa shape index (κ3) is 4.90. The summed E-state index contributed by atoms with van der Waals surface area (Å²) >= 11 is 0. The molecular weight excluding hydrogens is 426 g/mol. The van der Waals surface area contributed by atoms with Gasteiger partial charge in [0, 0.05) is 19.7 Å². The molecule has 9 heteroatoms. The number of hydrogen-bond donors (Lipinski definition) is 0. The van der Waals surface area contributed by atoms with Crippen molar-refractivity contribution >= 4 is 10.0 Å². The number of rotatable bonds is 8. The minimum Gasteiger partial charge on any atom is -0.377 e. The first-order chi connectivity index (χ1) is 15.3. The van der Waals surface area contributed by atoms with Gasteiger partial charge in [-0.05, 0) is 71.0 Å². The van der Waals surface area contributed by atoms with Crippen molar-refractivity contribution in [1.82, 2.24) is 24.5 Å². The van der Waals surface area contributed by atoms with Crippen molar-refractivity contribution in [1.29, 1.82) is 0 Å². The molecule has 1 aliphatic rings. The van der Waals surface area contributed by atoms with Crippen LogP contribution < -0.4 is 0 Å². The van der Waals surface area contributed by atoms with Crippen LogP contribution in [0.3, 0.4) is 0 Å². The summed E-state index contributed by atoms with van der Waals surface area (Å²) in [6.07, 6.45) is 3.24. The van der Waals surface area contributed by atoms with Gasteiger partial charge in [-0.1, -0.05) is 38.1 Å². The van der Waals surface area contributed by atoms with Crippen LogP contribution in [0.15, 0.2) is 53.7 Å². The molecule has 1 fully saturated rings. The number of nitrogens with zero attached hydrogens (tertiary/aromatic N) is 5. The molecule has 0 N–H and O–H groups in total. The second-order valence-electron chi connectivity index (χ2n) is 8.53. The predicted molar refractivity (Wildman–Crippen MR) is 121 cm³/mol. The average molecular weight is 456 g/mol. The van der Waals surface area contributed by atoms with Gasteiger partial charge in [0.1, 0.15) is 6.33 Å². The molecule has 0 bridgehead atoms. The molecule has 3 aromatic rings. The van der Waals surface area contributed by atoms with Crippen molar-refractivity contribution in [3.05, 3.63) is 65.5 Å². The summed E-state index contributed by atoms with van der Waals surface area (Å²) in [7, 11) is -3.73. The molecule has 32 heavy (non-hydrogen) atoms. The topological polar surface area (TPSA) is 90.2 Å². The van der Waals surface area contributed by atoms with Crippen LogP contribution in [0, 0.1) is 6.92 Å². The molecule has 0 unspecified atom stereocenters. The van der Waals surface area contributed by atoms with E-state index in [1.54, 1.807) is 22.5 Å². The number of aromatic nitrogens is 4. The second kappa shape index (κ2) is 9.48. The Balaban J connectivity index is 1.63. The van der Waals surface area contributed by atoms with E-state index in [4.69, 9.17) is 4.74 Å². The van der Waals surface area contributed by atoms with E-state index in [1.165, 1.54) is 16.6 Å². The van der Waals surface area contributed by atoms with Gasteiger partial charge in [-0.25, -0.2) is 13.1 Å². The van der Waals surface area contributed by atoms with Crippen LogP contribution in [0.5, 0.6) is 0 Å². The lowest BCUT2D eigenvalue weighted by Gasteiger charge is -2.25. The normalized spacial score (nSPS) is 16.8. The molecule has 1 saturated heterocycles. The van der Waals surface area contributed by atoms with Gasteiger partial charge in [0.05, 0.1) is 16.7 Å². The quantitative estimate of drug-likeness (QED) is 0.517. The Morgan fingerprint density at radius 2 is 1.97 bits per heavy atom. The molecule has 2 aromatic carbocycles. The van der Waals surface area contributed by atoms with Crippen LogP contribution in [0.4, 0.5) is 0 Å². The number of ether oxygens (including phenoxy) is 1. The van der Waals surface area contributed by atoms with Crippen LogP contribution in [0.1, 0.15) is 49.3 Å². The molecule has 2 heterocycles. The van der Waals surface area contributed by atoms with Crippen molar-refractivity contribution in [3.8, 4) is 5.69 Å². The minimum absolute atomic E-state index is 0.0821. The fraction of sp³-hybridized carbons (Fsp3) is 0.435. The van der Waals surface area contributed by atoms with Gasteiger partial charge < -0.3 is 4.74 Å². The first-order valence-corrected chi connectivity index (χ1v) is 12.3. The Bertz CT molecular complexity index is 1140. The molecule has 1 atom stereocenters. The fourth-order valence-electron chi connectivity index (χ4n) is 3.94. The Morgan fingerprint density at radius 1 is 1.19 bits per heavy atom. The van der Waals surface area contributed by atoms with E-state index in [1.807, 2.05) is 19.1 Å². The Kier molecular flexibility index (Phi) is 6.68. The molecule has 0 saturated carbocycles. The highest BCUT2D eigenvalue weighted by molar-refractivity contribution is 7.89. The molecule has 8 nitrogen and oxygen atoms in total. The van der Waals surface area contributed by atoms with Gasteiger partial charge in [0.2, 0.25) is 10.0 Å². The summed E-state index contributed by atoms with van der Waals surface area (Å²) < 4.78 is 36.2. The van der Waals surface area contributed by atoms with E-state index < -0.39 is 10.0 Å². The van der Waals surface area contributed by atoms with Crippen molar-refractivity contribution in [2.24, 2.45) is 0 Å². The Labute approximate surface area is 189 Å². The molecule has 0 spiro atoms. The lowest BCUT2D eigenvalue weighted by molar-refractivity contribution is 0.0926. The second-order valence-corrected chi connectivity index (χ2v) is 10.5. The summed E-state index contributed by atoms with van der Waals surface area (Å²) in [6, 6.07) is 13.2.